The van der Waals surface area contributed by atoms with Crippen LogP contribution >= 0.6 is 15.2 Å². The van der Waals surface area contributed by atoms with Gasteiger partial charge in [-0.25, -0.2) is 4.79 Å². The number of ether oxygens (including phenoxy) is 1. The number of hydrogen-bond donors (Lipinski definition) is 8. The number of aliphatic hydroxyl groups excluding tert-OH is 2. The predicted octanol–water partition coefficient (Wildman–Crippen LogP) is -3.55. The van der Waals surface area contributed by atoms with Crippen LogP contribution in [-0.4, -0.2) is 67.8 Å². The Hall–Kier alpha value is -1.18. The van der Waals surface area contributed by atoms with Gasteiger partial charge in [-0.1, -0.05) is 0 Å². The summed E-state index contributed by atoms with van der Waals surface area (Å²) >= 11 is 0. The molecule has 0 bridgehead atoms. The molecule has 2 rings (SSSR count). The van der Waals surface area contributed by atoms with Gasteiger partial charge in [0.2, 0.25) is 5.34 Å². The minimum atomic E-state index is -5.67. The molecule has 1 fully saturated rings. The summed E-state index contributed by atoms with van der Waals surface area (Å²) in [5.74, 6) is -3.01. The third kappa shape index (κ3) is 3.29. The van der Waals surface area contributed by atoms with E-state index in [0.29, 0.717) is 4.57 Å². The van der Waals surface area contributed by atoms with Gasteiger partial charge in [0.05, 0.1) is 0 Å². The summed E-state index contributed by atoms with van der Waals surface area (Å²) in [4.78, 5) is 51.9. The Morgan fingerprint density at radius 3 is 2.32 bits per heavy atom. The molecule has 16 heteroatoms. The smallest absolute Gasteiger partial charge is 0.364 e. The molecule has 1 aromatic heterocycles. The molecule has 0 saturated carbocycles. The normalized spacial score (nSPS) is 31.9. The van der Waals surface area contributed by atoms with Crippen LogP contribution in [-0.2, 0) is 13.9 Å². The highest BCUT2D eigenvalue weighted by Crippen LogP contribution is 2.62. The molecule has 9 N–H and O–H groups in total. The lowest BCUT2D eigenvalue weighted by molar-refractivity contribution is -0.0804. The lowest BCUT2D eigenvalue weighted by Gasteiger charge is -2.32. The quantitative estimate of drug-likeness (QED) is 0.227. The number of anilines is 1. The molecule has 0 amide bonds. The van der Waals surface area contributed by atoms with Crippen molar-refractivity contribution in [2.24, 2.45) is 0 Å². The average Bonchev–Trinajstić information content (AvgIpc) is 2.71. The lowest BCUT2D eigenvalue weighted by atomic mass is 10.1. The molecule has 1 aromatic rings. The van der Waals surface area contributed by atoms with E-state index in [1.165, 1.54) is 0 Å². The second-order valence-corrected chi connectivity index (χ2v) is 8.78. The fourth-order valence-corrected chi connectivity index (χ4v) is 3.91. The first-order valence-corrected chi connectivity index (χ1v) is 9.70. The summed E-state index contributed by atoms with van der Waals surface area (Å²) in [6.07, 6.45) is -6.48. The highest BCUT2D eigenvalue weighted by atomic mass is 31.2. The fourth-order valence-electron chi connectivity index (χ4n) is 2.33. The third-order valence-corrected chi connectivity index (χ3v) is 6.01. The van der Waals surface area contributed by atoms with Crippen molar-refractivity contribution in [2.45, 2.75) is 29.6 Å². The molecule has 1 aliphatic rings. The second-order valence-electron chi connectivity index (χ2n) is 5.27. The van der Waals surface area contributed by atoms with E-state index in [2.05, 4.69) is 4.98 Å². The Balaban J connectivity index is 2.63. The number of hydrogen-bond acceptors (Lipinski definition) is 9. The maximum atomic E-state index is 11.9. The Morgan fingerprint density at radius 2 is 1.88 bits per heavy atom. The van der Waals surface area contributed by atoms with Gasteiger partial charge in [-0.15, -0.1) is 0 Å². The van der Waals surface area contributed by atoms with Crippen LogP contribution in [0.1, 0.15) is 6.23 Å². The zero-order chi connectivity index (χ0) is 19.4. The van der Waals surface area contributed by atoms with Gasteiger partial charge in [-0.2, -0.15) is 4.98 Å². The zero-order valence-corrected chi connectivity index (χ0v) is 13.9. The van der Waals surface area contributed by atoms with Crippen molar-refractivity contribution in [2.75, 3.05) is 5.73 Å². The van der Waals surface area contributed by atoms with Crippen molar-refractivity contribution in [3.8, 4) is 0 Å². The SMILES string of the molecule is Nc1ccn([C@@H]2O[C@H](C(O)P(=O)(O)O)C(O)C2(O)P(=O)(O)O)c(=O)n1. The summed E-state index contributed by atoms with van der Waals surface area (Å²) < 4.78 is 28.1. The summed E-state index contributed by atoms with van der Waals surface area (Å²) in [6, 6.07) is 1.00. The first-order chi connectivity index (χ1) is 11.2. The van der Waals surface area contributed by atoms with Gasteiger partial charge >= 0.3 is 20.9 Å². The molecule has 0 aliphatic carbocycles. The molecule has 2 heterocycles. The minimum absolute atomic E-state index is 0.272. The van der Waals surface area contributed by atoms with Crippen LogP contribution in [0.2, 0.25) is 0 Å². The average molecular weight is 403 g/mol. The summed E-state index contributed by atoms with van der Waals surface area (Å²) in [7, 11) is -11.0. The van der Waals surface area contributed by atoms with Crippen LogP contribution in [0.3, 0.4) is 0 Å². The van der Waals surface area contributed by atoms with Gasteiger partial charge in [0, 0.05) is 6.20 Å². The van der Waals surface area contributed by atoms with Gasteiger partial charge in [0.1, 0.15) is 18.0 Å². The van der Waals surface area contributed by atoms with Crippen molar-refractivity contribution >= 4 is 21.0 Å². The van der Waals surface area contributed by atoms with E-state index in [1.54, 1.807) is 0 Å². The van der Waals surface area contributed by atoms with E-state index in [-0.39, 0.29) is 5.82 Å². The first-order valence-electron chi connectivity index (χ1n) is 6.40. The number of rotatable bonds is 4. The number of nitrogens with zero attached hydrogens (tertiary/aromatic N) is 2. The molecule has 14 nitrogen and oxygen atoms in total. The highest BCUT2D eigenvalue weighted by Gasteiger charge is 2.69. The molecule has 5 atom stereocenters. The van der Waals surface area contributed by atoms with E-state index >= 15 is 0 Å². The lowest BCUT2D eigenvalue weighted by Crippen LogP contribution is -2.49. The second kappa shape index (κ2) is 6.21. The van der Waals surface area contributed by atoms with Crippen molar-refractivity contribution in [3.63, 3.8) is 0 Å². The molecule has 142 valence electrons. The number of nitrogens with two attached hydrogens (primary N) is 1. The van der Waals surface area contributed by atoms with Gasteiger partial charge < -0.3 is 45.4 Å². The van der Waals surface area contributed by atoms with E-state index in [0.717, 1.165) is 12.3 Å². The molecule has 3 unspecified atom stereocenters. The Labute approximate surface area is 138 Å². The maximum absolute atomic E-state index is 11.9. The van der Waals surface area contributed by atoms with Crippen molar-refractivity contribution < 1.29 is 48.8 Å². The van der Waals surface area contributed by atoms with Gasteiger partial charge in [0.15, 0.2) is 12.1 Å². The van der Waals surface area contributed by atoms with Crippen molar-refractivity contribution in [1.82, 2.24) is 9.55 Å². The van der Waals surface area contributed by atoms with Crippen LogP contribution in [0.5, 0.6) is 0 Å². The largest absolute Gasteiger partial charge is 0.386 e. The Kier molecular flexibility index (Phi) is 5.00. The van der Waals surface area contributed by atoms with E-state index in [1.807, 2.05) is 0 Å². The molecular weight excluding hydrogens is 388 g/mol. The predicted molar refractivity (Wildman–Crippen MR) is 77.9 cm³/mol. The number of aromatic nitrogens is 2. The standard InChI is InChI=1S/C9H15N3O11P2/c10-3-1-2-12(8(15)11-3)7-9(16,25(20,21)22)5(13)4(23-7)6(14)24(17,18)19/h1-2,4-7,13-14,16H,(H2,10,11,15)(H2,17,18,19)(H2,20,21,22)/t4-,5?,6?,7+,9?/m0/s1. The molecule has 0 spiro atoms. The highest BCUT2D eigenvalue weighted by molar-refractivity contribution is 7.53. The van der Waals surface area contributed by atoms with E-state index in [9.17, 15) is 39.0 Å². The van der Waals surface area contributed by atoms with Crippen molar-refractivity contribution in [3.05, 3.63) is 22.7 Å². The number of aliphatic hydroxyl groups is 3. The summed E-state index contributed by atoms with van der Waals surface area (Å²) in [6.45, 7) is 0. The first kappa shape index (κ1) is 20.1. The van der Waals surface area contributed by atoms with Crippen molar-refractivity contribution in [1.29, 1.82) is 0 Å². The molecule has 0 aromatic carbocycles. The topological polar surface area (TPSA) is 246 Å². The fraction of sp³-hybridized carbons (Fsp3) is 0.556. The zero-order valence-electron chi connectivity index (χ0n) is 12.1. The molecule has 25 heavy (non-hydrogen) atoms. The monoisotopic (exact) mass is 403 g/mol. The van der Waals surface area contributed by atoms with Crippen LogP contribution in [0, 0.1) is 0 Å². The van der Waals surface area contributed by atoms with Crippen LogP contribution < -0.4 is 11.4 Å². The Bertz CT molecular complexity index is 817. The molecular formula is C9H15N3O11P2. The van der Waals surface area contributed by atoms with E-state index < -0.39 is 50.5 Å². The van der Waals surface area contributed by atoms with Gasteiger partial charge in [-0.05, 0) is 6.07 Å². The van der Waals surface area contributed by atoms with Gasteiger partial charge in [-0.3, -0.25) is 13.7 Å². The third-order valence-electron chi connectivity index (χ3n) is 3.61. The summed E-state index contributed by atoms with van der Waals surface area (Å²) in [5.41, 5.74) is 4.03. The van der Waals surface area contributed by atoms with E-state index in [4.69, 9.17) is 20.3 Å². The Morgan fingerprint density at radius 1 is 1.32 bits per heavy atom. The van der Waals surface area contributed by atoms with Gasteiger partial charge in [0.25, 0.3) is 0 Å². The maximum Gasteiger partial charge on any atom is 0.364 e. The molecule has 1 aliphatic heterocycles. The van der Waals surface area contributed by atoms with Crippen LogP contribution in [0.15, 0.2) is 17.1 Å². The molecule has 0 radical (unpaired) electrons. The minimum Gasteiger partial charge on any atom is -0.386 e. The van der Waals surface area contributed by atoms with Crippen LogP contribution in [0.4, 0.5) is 5.82 Å². The molecule has 1 saturated heterocycles. The number of nitrogen functional groups attached to an aromatic ring is 1. The van der Waals surface area contributed by atoms with Crippen LogP contribution in [0.25, 0.3) is 0 Å². The summed E-state index contributed by atoms with van der Waals surface area (Å²) in [5, 5.41) is 26.5.